The summed E-state index contributed by atoms with van der Waals surface area (Å²) in [6.45, 7) is 6.12. The molecule has 88 valence electrons. The molecule has 0 bridgehead atoms. The van der Waals surface area contributed by atoms with Crippen LogP contribution >= 0.6 is 0 Å². The van der Waals surface area contributed by atoms with Crippen molar-refractivity contribution < 1.29 is 30.0 Å². The summed E-state index contributed by atoms with van der Waals surface area (Å²) in [5.74, 6) is -0.833. The second-order valence-corrected chi connectivity index (χ2v) is 2.06. The first-order chi connectivity index (χ1) is 6.15. The van der Waals surface area contributed by atoms with E-state index >= 15 is 0 Å². The number of carboxylic acids is 1. The molecule has 6 nitrogen and oxygen atoms in total. The Morgan fingerprint density at radius 1 is 1.21 bits per heavy atom. The lowest BCUT2D eigenvalue weighted by atomic mass is 10.6. The van der Waals surface area contributed by atoms with Crippen LogP contribution in [0, 0.1) is 0 Å². The molecular formula is C8H20O6. The summed E-state index contributed by atoms with van der Waals surface area (Å²) in [5, 5.41) is 15.0. The van der Waals surface area contributed by atoms with Crippen LogP contribution in [-0.2, 0) is 14.3 Å². The number of rotatable bonds is 0. The van der Waals surface area contributed by atoms with Gasteiger partial charge in [0.05, 0.1) is 26.4 Å². The maximum Gasteiger partial charge on any atom is 0.300 e. The van der Waals surface area contributed by atoms with Crippen molar-refractivity contribution in [3.63, 3.8) is 0 Å². The van der Waals surface area contributed by atoms with Crippen molar-refractivity contribution in [1.29, 1.82) is 0 Å². The third kappa shape index (κ3) is 42.6. The van der Waals surface area contributed by atoms with E-state index in [1.807, 2.05) is 0 Å². The molecule has 14 heavy (non-hydrogen) atoms. The normalized spacial score (nSPS) is 13.4. The van der Waals surface area contributed by atoms with Crippen LogP contribution in [0.4, 0.5) is 0 Å². The molecule has 1 saturated heterocycles. The number of hydrogen-bond donors (Lipinski definition) is 2. The molecule has 0 radical (unpaired) electrons. The van der Waals surface area contributed by atoms with Crippen LogP contribution in [0.2, 0.25) is 0 Å². The molecular weight excluding hydrogens is 192 g/mol. The summed E-state index contributed by atoms with van der Waals surface area (Å²) in [5.41, 5.74) is 0. The van der Waals surface area contributed by atoms with Gasteiger partial charge in [0, 0.05) is 13.5 Å². The lowest BCUT2D eigenvalue weighted by Gasteiger charge is -2.09. The first kappa shape index (κ1) is 19.0. The van der Waals surface area contributed by atoms with E-state index in [-0.39, 0.29) is 12.1 Å². The van der Waals surface area contributed by atoms with Crippen LogP contribution < -0.4 is 0 Å². The molecule has 0 aliphatic carbocycles. The number of aliphatic hydroxyl groups is 1. The molecule has 0 spiro atoms. The van der Waals surface area contributed by atoms with Gasteiger partial charge in [0.25, 0.3) is 5.97 Å². The van der Waals surface area contributed by atoms with Crippen LogP contribution in [0.15, 0.2) is 0 Å². The van der Waals surface area contributed by atoms with Crippen molar-refractivity contribution in [3.8, 4) is 0 Å². The Morgan fingerprint density at radius 3 is 1.43 bits per heavy atom. The van der Waals surface area contributed by atoms with Crippen molar-refractivity contribution >= 4 is 5.97 Å². The third-order valence-electron chi connectivity index (χ3n) is 0.744. The minimum Gasteiger partial charge on any atom is -0.481 e. The van der Waals surface area contributed by atoms with E-state index in [0.717, 1.165) is 33.4 Å². The molecule has 1 rings (SSSR count). The van der Waals surface area contributed by atoms with E-state index in [0.29, 0.717) is 0 Å². The summed E-state index contributed by atoms with van der Waals surface area (Å²) in [4.78, 5) is 9.00. The minimum atomic E-state index is -0.833. The maximum absolute atomic E-state index is 9.00. The highest BCUT2D eigenvalue weighted by molar-refractivity contribution is 5.62. The summed E-state index contributed by atoms with van der Waals surface area (Å²) >= 11 is 0. The number of hydrogen-bond acceptors (Lipinski definition) is 4. The molecule has 0 aromatic carbocycles. The van der Waals surface area contributed by atoms with Gasteiger partial charge in [-0.05, 0) is 6.92 Å². The topological polar surface area (TPSA) is 107 Å². The zero-order valence-electron chi connectivity index (χ0n) is 8.65. The quantitative estimate of drug-likeness (QED) is 0.552. The SMILES string of the molecule is C1COCCO1.CC(=O)O.CCO.O. The van der Waals surface area contributed by atoms with Gasteiger partial charge in [0.15, 0.2) is 0 Å². The Kier molecular flexibility index (Phi) is 24.6. The van der Waals surface area contributed by atoms with Crippen LogP contribution in [0.3, 0.4) is 0 Å². The Bertz CT molecular complexity index is 86.5. The molecule has 1 aliphatic heterocycles. The Hall–Kier alpha value is -0.690. The van der Waals surface area contributed by atoms with Gasteiger partial charge < -0.3 is 25.2 Å². The average Bonchev–Trinajstić information content (AvgIpc) is 2.08. The second-order valence-electron chi connectivity index (χ2n) is 2.06. The molecule has 1 fully saturated rings. The van der Waals surface area contributed by atoms with Gasteiger partial charge >= 0.3 is 0 Å². The fraction of sp³-hybridized carbons (Fsp3) is 0.875. The van der Waals surface area contributed by atoms with Crippen LogP contribution in [0.5, 0.6) is 0 Å². The van der Waals surface area contributed by atoms with E-state index < -0.39 is 5.97 Å². The number of carboxylic acid groups (broad SMARTS) is 1. The van der Waals surface area contributed by atoms with E-state index in [9.17, 15) is 0 Å². The molecule has 0 saturated carbocycles. The van der Waals surface area contributed by atoms with Crippen molar-refractivity contribution in [1.82, 2.24) is 0 Å². The van der Waals surface area contributed by atoms with Crippen molar-refractivity contribution in [2.75, 3.05) is 33.0 Å². The van der Waals surface area contributed by atoms with Gasteiger partial charge in [-0.3, -0.25) is 4.79 Å². The number of aliphatic carboxylic acids is 1. The number of aliphatic hydroxyl groups excluding tert-OH is 1. The van der Waals surface area contributed by atoms with Crippen LogP contribution in [0.1, 0.15) is 13.8 Å². The fourth-order valence-electron chi connectivity index (χ4n) is 0.440. The highest BCUT2D eigenvalue weighted by Crippen LogP contribution is 1.85. The van der Waals surface area contributed by atoms with Gasteiger partial charge in [0.2, 0.25) is 0 Å². The molecule has 0 aromatic rings. The fourth-order valence-corrected chi connectivity index (χ4v) is 0.440. The van der Waals surface area contributed by atoms with E-state index in [2.05, 4.69) is 0 Å². The summed E-state index contributed by atoms with van der Waals surface area (Å²) in [6.07, 6.45) is 0. The van der Waals surface area contributed by atoms with Crippen molar-refractivity contribution in [2.24, 2.45) is 0 Å². The van der Waals surface area contributed by atoms with E-state index in [1.54, 1.807) is 6.92 Å². The lowest BCUT2D eigenvalue weighted by Crippen LogP contribution is -2.16. The van der Waals surface area contributed by atoms with Crippen molar-refractivity contribution in [2.45, 2.75) is 13.8 Å². The Labute approximate surface area is 83.8 Å². The number of ether oxygens (including phenoxy) is 2. The number of carbonyl (C=O) groups is 1. The summed E-state index contributed by atoms with van der Waals surface area (Å²) < 4.78 is 9.89. The monoisotopic (exact) mass is 212 g/mol. The van der Waals surface area contributed by atoms with Gasteiger partial charge in [-0.15, -0.1) is 0 Å². The van der Waals surface area contributed by atoms with Gasteiger partial charge in [0.1, 0.15) is 0 Å². The highest BCUT2D eigenvalue weighted by Gasteiger charge is 1.94. The zero-order valence-corrected chi connectivity index (χ0v) is 8.65. The molecule has 0 aromatic heterocycles. The Balaban J connectivity index is -0.000000135. The predicted molar refractivity (Wildman–Crippen MR) is 51.3 cm³/mol. The average molecular weight is 212 g/mol. The predicted octanol–water partition coefficient (Wildman–Crippen LogP) is -0.702. The zero-order chi connectivity index (χ0) is 10.5. The standard InChI is InChI=1S/C4H8O2.C2H4O2.C2H6O.H2O/c1-2-6-4-3-5-1;1-2(3)4;1-2-3;/h1-4H2;1H3,(H,3,4);3H,2H2,1H3;1H2. The molecule has 0 amide bonds. The van der Waals surface area contributed by atoms with Crippen LogP contribution in [-0.4, -0.2) is 54.7 Å². The van der Waals surface area contributed by atoms with Crippen LogP contribution in [0.25, 0.3) is 0 Å². The van der Waals surface area contributed by atoms with Gasteiger partial charge in [-0.1, -0.05) is 0 Å². The van der Waals surface area contributed by atoms with Crippen molar-refractivity contribution in [3.05, 3.63) is 0 Å². The first-order valence-electron chi connectivity index (χ1n) is 4.11. The molecule has 1 heterocycles. The van der Waals surface area contributed by atoms with Gasteiger partial charge in [-0.2, -0.15) is 0 Å². The molecule has 1 aliphatic rings. The molecule has 4 N–H and O–H groups in total. The summed E-state index contributed by atoms with van der Waals surface area (Å²) in [7, 11) is 0. The maximum atomic E-state index is 9.00. The van der Waals surface area contributed by atoms with E-state index in [1.165, 1.54) is 0 Å². The second kappa shape index (κ2) is 18.2. The summed E-state index contributed by atoms with van der Waals surface area (Å²) in [6, 6.07) is 0. The van der Waals surface area contributed by atoms with E-state index in [4.69, 9.17) is 24.5 Å². The molecule has 6 heteroatoms. The first-order valence-corrected chi connectivity index (χ1v) is 4.11. The minimum absolute atomic E-state index is 0. The molecule has 0 atom stereocenters. The molecule has 0 unspecified atom stereocenters. The highest BCUT2D eigenvalue weighted by atomic mass is 16.6. The smallest absolute Gasteiger partial charge is 0.300 e. The third-order valence-corrected chi connectivity index (χ3v) is 0.744. The largest absolute Gasteiger partial charge is 0.481 e. The Morgan fingerprint density at radius 2 is 1.36 bits per heavy atom. The lowest BCUT2D eigenvalue weighted by molar-refractivity contribution is -0.134. The van der Waals surface area contributed by atoms with Gasteiger partial charge in [-0.25, -0.2) is 0 Å².